The molecule has 1 amide bonds. The van der Waals surface area contributed by atoms with Gasteiger partial charge in [-0.25, -0.2) is 8.42 Å². The highest BCUT2D eigenvalue weighted by Gasteiger charge is 2.26. The fraction of sp³-hybridized carbons (Fsp3) is 0.611. The first-order chi connectivity index (χ1) is 14.3. The van der Waals surface area contributed by atoms with Crippen LogP contribution in [0.15, 0.2) is 17.0 Å². The molecule has 0 aromatic heterocycles. The molecule has 0 radical (unpaired) electrons. The van der Waals surface area contributed by atoms with E-state index in [0.717, 1.165) is 0 Å². The van der Waals surface area contributed by atoms with Gasteiger partial charge in [0.25, 0.3) is 5.91 Å². The van der Waals surface area contributed by atoms with Crippen LogP contribution in [0, 0.1) is 0 Å². The van der Waals surface area contributed by atoms with E-state index in [1.165, 1.54) is 31.1 Å². The molecular formula is C18H29N3O4S. The van der Waals surface area contributed by atoms with Crippen molar-refractivity contribution in [1.82, 2.24) is 10.2 Å². The molecule has 0 spiro atoms. The Morgan fingerprint density at radius 1 is 1.50 bits per heavy atom. The third kappa shape index (κ3) is 4.29. The third-order valence-corrected chi connectivity index (χ3v) is 6.32. The monoisotopic (exact) mass is 388 g/mol. The number of carbonyl (C=O) groups is 1. The van der Waals surface area contributed by atoms with Crippen LogP contribution in [0.4, 0.5) is 5.69 Å². The Morgan fingerprint density at radius 3 is 2.88 bits per heavy atom. The molecule has 1 saturated heterocycles. The summed E-state index contributed by atoms with van der Waals surface area (Å²) in [5.74, 6) is -0.553. The summed E-state index contributed by atoms with van der Waals surface area (Å²) in [5, 5.41) is 5.47. The zero-order valence-corrected chi connectivity index (χ0v) is 16.1. The number of rotatable bonds is 8. The van der Waals surface area contributed by atoms with Crippen LogP contribution in [0.3, 0.4) is 0 Å². The number of nitrogens with zero attached hydrogens (tertiary/aromatic N) is 1. The second-order valence-corrected chi connectivity index (χ2v) is 8.26. The van der Waals surface area contributed by atoms with Crippen LogP contribution in [-0.2, 0) is 9.84 Å². The Kier molecular flexibility index (Phi) is 4.79. The van der Waals surface area contributed by atoms with Crippen LogP contribution in [0.1, 0.15) is 43.8 Å². The summed E-state index contributed by atoms with van der Waals surface area (Å²) in [7, 11) is -0.685. The fourth-order valence-corrected chi connectivity index (χ4v) is 4.12. The topological polar surface area (TPSA) is 87.7 Å². The average molecular weight is 389 g/mol. The second kappa shape index (κ2) is 8.73. The van der Waals surface area contributed by atoms with Crippen molar-refractivity contribution in [2.75, 3.05) is 44.8 Å². The van der Waals surface area contributed by atoms with Crippen molar-refractivity contribution in [2.45, 2.75) is 37.6 Å². The molecule has 0 unspecified atom stereocenters. The summed E-state index contributed by atoms with van der Waals surface area (Å²) >= 11 is 0. The number of likely N-dealkylation sites (N-methyl/N-ethyl adjacent to an activating group) is 1. The smallest absolute Gasteiger partial charge is 0.255 e. The van der Waals surface area contributed by atoms with Gasteiger partial charge in [-0.15, -0.1) is 0 Å². The van der Waals surface area contributed by atoms with Gasteiger partial charge in [-0.1, -0.05) is 13.8 Å². The summed E-state index contributed by atoms with van der Waals surface area (Å²) in [6.45, 7) is -3.55. The number of likely N-dealkylation sites (tertiary alicyclic amines) is 1. The maximum Gasteiger partial charge on any atom is 0.255 e. The largest absolute Gasteiger partial charge is 0.496 e. The van der Waals surface area contributed by atoms with Crippen LogP contribution in [-0.4, -0.2) is 64.8 Å². The minimum Gasteiger partial charge on any atom is -0.496 e. The molecule has 26 heavy (non-hydrogen) atoms. The summed E-state index contributed by atoms with van der Waals surface area (Å²) < 4.78 is 68.6. The first-order valence-electron chi connectivity index (χ1n) is 11.0. The van der Waals surface area contributed by atoms with E-state index in [9.17, 15) is 13.2 Å². The van der Waals surface area contributed by atoms with Gasteiger partial charge in [-0.05, 0) is 31.9 Å². The zero-order valence-electron chi connectivity index (χ0n) is 20.3. The maximum absolute atomic E-state index is 12.9. The minimum atomic E-state index is -3.62. The standard InChI is InChI=1S/C18H29N3O4S/c1-5-21-9-7-8-13(21)12-20-18(22)14-10-17(26(23,24)6-2)15(19-3)11-16(14)25-4/h10-11,13,19H,5-9,12H2,1-4H3,(H,20,22)/t13-/m0/s1/i1D3,5D2. The molecule has 0 bridgehead atoms. The summed E-state index contributed by atoms with van der Waals surface area (Å²) in [6, 6.07) is 2.19. The van der Waals surface area contributed by atoms with E-state index in [-0.39, 0.29) is 35.1 Å². The number of hydrogen-bond donors (Lipinski definition) is 2. The molecule has 7 nitrogen and oxygen atoms in total. The van der Waals surface area contributed by atoms with Crippen molar-refractivity contribution in [3.05, 3.63) is 17.7 Å². The summed E-state index contributed by atoms with van der Waals surface area (Å²) in [6.07, 6.45) is 1.14. The van der Waals surface area contributed by atoms with Crippen LogP contribution in [0.25, 0.3) is 0 Å². The molecular weight excluding hydrogens is 354 g/mol. The van der Waals surface area contributed by atoms with Crippen molar-refractivity contribution in [3.63, 3.8) is 0 Å². The van der Waals surface area contributed by atoms with E-state index in [1.807, 2.05) is 0 Å². The van der Waals surface area contributed by atoms with Gasteiger partial charge in [0, 0.05) is 32.6 Å². The van der Waals surface area contributed by atoms with Crippen LogP contribution >= 0.6 is 0 Å². The summed E-state index contributed by atoms with van der Waals surface area (Å²) in [5.41, 5.74) is 0.333. The highest BCUT2D eigenvalue weighted by Crippen LogP contribution is 2.31. The Morgan fingerprint density at radius 2 is 2.27 bits per heavy atom. The van der Waals surface area contributed by atoms with Gasteiger partial charge < -0.3 is 15.4 Å². The molecule has 1 aliphatic heterocycles. The summed E-state index contributed by atoms with van der Waals surface area (Å²) in [4.78, 5) is 14.1. The number of ether oxygens (including phenoxy) is 1. The number of nitrogens with one attached hydrogen (secondary N) is 2. The number of anilines is 1. The van der Waals surface area contributed by atoms with E-state index < -0.39 is 35.1 Å². The van der Waals surface area contributed by atoms with E-state index in [2.05, 4.69) is 10.6 Å². The lowest BCUT2D eigenvalue weighted by Crippen LogP contribution is -2.40. The van der Waals surface area contributed by atoms with E-state index in [4.69, 9.17) is 11.6 Å². The highest BCUT2D eigenvalue weighted by atomic mass is 32.2. The molecule has 146 valence electrons. The van der Waals surface area contributed by atoms with Gasteiger partial charge in [0.05, 0.1) is 29.0 Å². The first-order valence-corrected chi connectivity index (χ1v) is 10.1. The molecule has 1 aromatic rings. The number of benzene rings is 1. The van der Waals surface area contributed by atoms with Crippen molar-refractivity contribution in [1.29, 1.82) is 0 Å². The van der Waals surface area contributed by atoms with Crippen molar-refractivity contribution in [3.8, 4) is 5.75 Å². The molecule has 1 aliphatic rings. The fourth-order valence-electron chi connectivity index (χ4n) is 3.02. The highest BCUT2D eigenvalue weighted by molar-refractivity contribution is 7.91. The lowest BCUT2D eigenvalue weighted by molar-refractivity contribution is 0.0938. The molecule has 1 fully saturated rings. The number of hydrogen-bond acceptors (Lipinski definition) is 6. The number of carbonyl (C=O) groups excluding carboxylic acids is 1. The predicted molar refractivity (Wildman–Crippen MR) is 103 cm³/mol. The molecule has 1 aromatic carbocycles. The van der Waals surface area contributed by atoms with Gasteiger partial charge in [0.15, 0.2) is 9.84 Å². The molecule has 8 heteroatoms. The Bertz CT molecular complexity index is 922. The molecule has 0 saturated carbocycles. The predicted octanol–water partition coefficient (Wildman–Crippen LogP) is 1.74. The SMILES string of the molecule is [2H]C([2H])([2H])C([2H])([2H])N1CCC[C@H]1CNC(=O)c1cc(S(=O)(=O)CC)c(NC)cc1OC. The van der Waals surface area contributed by atoms with E-state index >= 15 is 0 Å². The lowest BCUT2D eigenvalue weighted by Gasteiger charge is -2.23. The molecule has 2 rings (SSSR count). The van der Waals surface area contributed by atoms with Crippen LogP contribution < -0.4 is 15.4 Å². The van der Waals surface area contributed by atoms with Crippen molar-refractivity contribution in [2.24, 2.45) is 0 Å². The van der Waals surface area contributed by atoms with Crippen molar-refractivity contribution < 1.29 is 24.8 Å². The number of sulfone groups is 1. The quantitative estimate of drug-likeness (QED) is 0.705. The maximum atomic E-state index is 12.9. The Labute approximate surface area is 163 Å². The first kappa shape index (κ1) is 14.3. The molecule has 2 N–H and O–H groups in total. The molecule has 0 aliphatic carbocycles. The number of methoxy groups -OCH3 is 1. The van der Waals surface area contributed by atoms with Gasteiger partial charge in [0.2, 0.25) is 0 Å². The van der Waals surface area contributed by atoms with Gasteiger partial charge in [-0.2, -0.15) is 0 Å². The van der Waals surface area contributed by atoms with Gasteiger partial charge in [-0.3, -0.25) is 9.69 Å². The van der Waals surface area contributed by atoms with E-state index in [0.29, 0.717) is 18.5 Å². The normalized spacial score (nSPS) is 21.8. The minimum absolute atomic E-state index is 0.0151. The Balaban J connectivity index is 2.28. The number of amides is 1. The van der Waals surface area contributed by atoms with E-state index in [1.54, 1.807) is 7.05 Å². The van der Waals surface area contributed by atoms with Crippen LogP contribution in [0.2, 0.25) is 0 Å². The van der Waals surface area contributed by atoms with Gasteiger partial charge in [0.1, 0.15) is 5.75 Å². The zero-order chi connectivity index (χ0) is 23.6. The average Bonchev–Trinajstić information content (AvgIpc) is 3.19. The molecule has 1 heterocycles. The lowest BCUT2D eigenvalue weighted by atomic mass is 10.1. The van der Waals surface area contributed by atoms with Crippen molar-refractivity contribution >= 4 is 21.4 Å². The molecule has 1 atom stereocenters. The van der Waals surface area contributed by atoms with Crippen LogP contribution in [0.5, 0.6) is 5.75 Å². The third-order valence-electron chi connectivity index (χ3n) is 4.55. The van der Waals surface area contributed by atoms with Gasteiger partial charge >= 0.3 is 0 Å². The Hall–Kier alpha value is -1.80. The second-order valence-electron chi connectivity index (χ2n) is 6.01.